The molecule has 56 valence electrons. The Morgan fingerprint density at radius 1 is 1.30 bits per heavy atom. The summed E-state index contributed by atoms with van der Waals surface area (Å²) in [6.45, 7) is 8.89. The SMILES string of the molecule is C=C1CC2CC(C1)C2(C)C. The van der Waals surface area contributed by atoms with Crippen molar-refractivity contribution in [2.75, 3.05) is 0 Å². The topological polar surface area (TPSA) is 0 Å². The number of fused-ring (bicyclic) bond motifs is 2. The van der Waals surface area contributed by atoms with Crippen LogP contribution in [0.3, 0.4) is 0 Å². The first-order valence-electron chi connectivity index (χ1n) is 4.27. The summed E-state index contributed by atoms with van der Waals surface area (Å²) in [6.07, 6.45) is 4.10. The van der Waals surface area contributed by atoms with E-state index in [4.69, 9.17) is 0 Å². The summed E-state index contributed by atoms with van der Waals surface area (Å²) >= 11 is 0. The van der Waals surface area contributed by atoms with E-state index in [0.29, 0.717) is 5.41 Å². The Morgan fingerprint density at radius 2 is 1.80 bits per heavy atom. The van der Waals surface area contributed by atoms with Crippen LogP contribution < -0.4 is 0 Å². The van der Waals surface area contributed by atoms with Crippen molar-refractivity contribution in [1.29, 1.82) is 0 Å². The van der Waals surface area contributed by atoms with Crippen molar-refractivity contribution >= 4 is 0 Å². The lowest BCUT2D eigenvalue weighted by atomic mass is 9.48. The quantitative estimate of drug-likeness (QED) is 0.449. The number of rotatable bonds is 0. The van der Waals surface area contributed by atoms with Crippen molar-refractivity contribution in [3.05, 3.63) is 12.2 Å². The highest BCUT2D eigenvalue weighted by molar-refractivity contribution is 5.14. The van der Waals surface area contributed by atoms with E-state index in [1.807, 2.05) is 0 Å². The highest BCUT2D eigenvalue weighted by atomic mass is 14.5. The monoisotopic (exact) mass is 136 g/mol. The maximum atomic E-state index is 4.06. The zero-order chi connectivity index (χ0) is 7.35. The maximum Gasteiger partial charge on any atom is -0.0289 e. The van der Waals surface area contributed by atoms with Crippen LogP contribution in [0.1, 0.15) is 33.1 Å². The van der Waals surface area contributed by atoms with Crippen LogP contribution in [-0.4, -0.2) is 0 Å². The van der Waals surface area contributed by atoms with Gasteiger partial charge in [0.15, 0.2) is 0 Å². The molecule has 0 heteroatoms. The molecule has 0 N–H and O–H groups in total. The van der Waals surface area contributed by atoms with Crippen molar-refractivity contribution in [2.45, 2.75) is 33.1 Å². The van der Waals surface area contributed by atoms with Crippen LogP contribution in [0.15, 0.2) is 12.2 Å². The Balaban J connectivity index is 2.17. The van der Waals surface area contributed by atoms with Crippen LogP contribution in [0.25, 0.3) is 0 Å². The first kappa shape index (κ1) is 6.45. The third kappa shape index (κ3) is 0.624. The lowest BCUT2D eigenvalue weighted by Crippen LogP contribution is -2.48. The molecule has 0 amide bonds. The molecule has 10 heavy (non-hydrogen) atoms. The first-order chi connectivity index (χ1) is 4.60. The first-order valence-corrected chi connectivity index (χ1v) is 4.27. The standard InChI is InChI=1S/C10H16/c1-7-4-8-6-9(5-7)10(8,2)3/h8-9H,1,4-6H2,2-3H3. The molecule has 2 unspecified atom stereocenters. The van der Waals surface area contributed by atoms with Gasteiger partial charge >= 0.3 is 0 Å². The molecule has 0 nitrogen and oxygen atoms in total. The second-order valence-corrected chi connectivity index (χ2v) is 4.61. The predicted octanol–water partition coefficient (Wildman–Crippen LogP) is 3.00. The van der Waals surface area contributed by atoms with Gasteiger partial charge in [0.25, 0.3) is 0 Å². The summed E-state index contributed by atoms with van der Waals surface area (Å²) in [6, 6.07) is 0. The highest BCUT2D eigenvalue weighted by Crippen LogP contribution is 2.60. The normalized spacial score (nSPS) is 42.8. The van der Waals surface area contributed by atoms with Crippen molar-refractivity contribution in [1.82, 2.24) is 0 Å². The van der Waals surface area contributed by atoms with E-state index in [0.717, 1.165) is 11.8 Å². The minimum absolute atomic E-state index is 0.654. The molecule has 0 aromatic heterocycles. The van der Waals surface area contributed by atoms with Gasteiger partial charge in [-0.2, -0.15) is 0 Å². The van der Waals surface area contributed by atoms with E-state index in [1.165, 1.54) is 24.8 Å². The minimum atomic E-state index is 0.654. The van der Waals surface area contributed by atoms with Crippen LogP contribution in [0.4, 0.5) is 0 Å². The summed E-state index contributed by atoms with van der Waals surface area (Å²) in [5.74, 6) is 1.94. The Kier molecular flexibility index (Phi) is 1.07. The molecule has 0 spiro atoms. The predicted molar refractivity (Wildman–Crippen MR) is 43.8 cm³/mol. The van der Waals surface area contributed by atoms with E-state index < -0.39 is 0 Å². The zero-order valence-electron chi connectivity index (χ0n) is 6.98. The van der Waals surface area contributed by atoms with Crippen LogP contribution >= 0.6 is 0 Å². The summed E-state index contributed by atoms with van der Waals surface area (Å²) < 4.78 is 0. The molecule has 3 fully saturated rings. The third-order valence-corrected chi connectivity index (χ3v) is 3.74. The van der Waals surface area contributed by atoms with Gasteiger partial charge in [-0.3, -0.25) is 0 Å². The average Bonchev–Trinajstić information content (AvgIpc) is 1.87. The second kappa shape index (κ2) is 1.66. The van der Waals surface area contributed by atoms with Gasteiger partial charge in [0.05, 0.1) is 0 Å². The molecule has 0 aromatic carbocycles. The molecule has 3 saturated carbocycles. The van der Waals surface area contributed by atoms with Gasteiger partial charge in [0.1, 0.15) is 0 Å². The zero-order valence-corrected chi connectivity index (χ0v) is 6.98. The summed E-state index contributed by atoms with van der Waals surface area (Å²) in [5.41, 5.74) is 2.15. The molecule has 0 heterocycles. The lowest BCUT2D eigenvalue weighted by molar-refractivity contribution is -0.0426. The summed E-state index contributed by atoms with van der Waals surface area (Å²) in [7, 11) is 0. The smallest absolute Gasteiger partial charge is 0.0289 e. The van der Waals surface area contributed by atoms with Crippen molar-refractivity contribution in [3.8, 4) is 0 Å². The Labute approximate surface area is 63.3 Å². The van der Waals surface area contributed by atoms with Gasteiger partial charge in [-0.1, -0.05) is 26.0 Å². The number of hydrogen-bond donors (Lipinski definition) is 0. The molecule has 3 rings (SSSR count). The molecule has 2 atom stereocenters. The summed E-state index contributed by atoms with van der Waals surface area (Å²) in [4.78, 5) is 0. The Morgan fingerprint density at radius 3 is 2.10 bits per heavy atom. The van der Waals surface area contributed by atoms with Gasteiger partial charge < -0.3 is 0 Å². The van der Waals surface area contributed by atoms with Gasteiger partial charge in [0, 0.05) is 0 Å². The van der Waals surface area contributed by atoms with Gasteiger partial charge in [0.2, 0.25) is 0 Å². The highest BCUT2D eigenvalue weighted by Gasteiger charge is 2.50. The van der Waals surface area contributed by atoms with E-state index in [-0.39, 0.29) is 0 Å². The fourth-order valence-electron chi connectivity index (χ4n) is 2.60. The van der Waals surface area contributed by atoms with Gasteiger partial charge in [-0.15, -0.1) is 0 Å². The third-order valence-electron chi connectivity index (χ3n) is 3.74. The van der Waals surface area contributed by atoms with Gasteiger partial charge in [-0.25, -0.2) is 0 Å². The van der Waals surface area contributed by atoms with Crippen LogP contribution in [0, 0.1) is 17.3 Å². The molecule has 0 radical (unpaired) electrons. The van der Waals surface area contributed by atoms with E-state index >= 15 is 0 Å². The second-order valence-electron chi connectivity index (χ2n) is 4.61. The minimum Gasteiger partial charge on any atom is -0.0998 e. The van der Waals surface area contributed by atoms with Crippen molar-refractivity contribution < 1.29 is 0 Å². The van der Waals surface area contributed by atoms with Crippen LogP contribution in [0.5, 0.6) is 0 Å². The molecular weight excluding hydrogens is 120 g/mol. The Hall–Kier alpha value is -0.260. The Bertz CT molecular complexity index is 160. The van der Waals surface area contributed by atoms with Gasteiger partial charge in [-0.05, 0) is 36.5 Å². The van der Waals surface area contributed by atoms with Crippen molar-refractivity contribution in [3.63, 3.8) is 0 Å². The number of hydrogen-bond acceptors (Lipinski definition) is 0. The molecule has 0 aromatic rings. The molecule has 0 saturated heterocycles. The van der Waals surface area contributed by atoms with Crippen LogP contribution in [-0.2, 0) is 0 Å². The molecule has 0 aliphatic heterocycles. The molecule has 3 aliphatic carbocycles. The maximum absolute atomic E-state index is 4.06. The molecule has 3 aliphatic rings. The molecule has 2 bridgehead atoms. The number of allylic oxidation sites excluding steroid dienone is 1. The van der Waals surface area contributed by atoms with Crippen molar-refractivity contribution in [2.24, 2.45) is 17.3 Å². The molecular formula is C10H16. The largest absolute Gasteiger partial charge is 0.0998 e. The van der Waals surface area contributed by atoms with Crippen LogP contribution in [0.2, 0.25) is 0 Å². The van der Waals surface area contributed by atoms with E-state index in [9.17, 15) is 0 Å². The summed E-state index contributed by atoms with van der Waals surface area (Å²) in [5, 5.41) is 0. The van der Waals surface area contributed by atoms with E-state index in [1.54, 1.807) is 0 Å². The fourth-order valence-corrected chi connectivity index (χ4v) is 2.60. The average molecular weight is 136 g/mol. The van der Waals surface area contributed by atoms with E-state index in [2.05, 4.69) is 20.4 Å². The lowest BCUT2D eigenvalue weighted by Gasteiger charge is -2.57. The fraction of sp³-hybridized carbons (Fsp3) is 0.800.